The van der Waals surface area contributed by atoms with Gasteiger partial charge in [-0.05, 0) is 150 Å². The van der Waals surface area contributed by atoms with Crippen molar-refractivity contribution in [1.29, 1.82) is 0 Å². The summed E-state index contributed by atoms with van der Waals surface area (Å²) in [6.07, 6.45) is 7.10. The lowest BCUT2D eigenvalue weighted by Crippen LogP contribution is -2.67. The molecule has 438 valence electrons. The molecule has 8 atom stereocenters. The number of phenolic OH excluding ortho intramolecular Hbond substituents is 2. The average Bonchev–Trinajstić information content (AvgIpc) is 2.18. The number of Topliss-reactive ketones (excluding diaryl/α,β-unsaturated/α-hetero) is 4. The minimum atomic E-state index is -3.19. The Balaban J connectivity index is 0.989. The van der Waals surface area contributed by atoms with Gasteiger partial charge in [-0.15, -0.1) is 5.06 Å². The third kappa shape index (κ3) is 8.01. The number of amides is 2. The van der Waals surface area contributed by atoms with Crippen LogP contribution in [0.4, 0.5) is 11.4 Å². The number of likely N-dealkylation sites (N-methyl/N-ethyl adjacent to an activating group) is 2. The minimum Gasteiger partial charge on any atom is -0.508 e. The van der Waals surface area contributed by atoms with E-state index in [2.05, 4.69) is 9.80 Å². The Morgan fingerprint density at radius 1 is 0.622 bits per heavy atom. The van der Waals surface area contributed by atoms with Crippen LogP contribution in [0.25, 0.3) is 5.76 Å². The quantitative estimate of drug-likeness (QED) is 0.109. The highest BCUT2D eigenvalue weighted by Crippen LogP contribution is 2.59. The van der Waals surface area contributed by atoms with Gasteiger partial charge in [0.25, 0.3) is 11.8 Å². The maximum atomic E-state index is 15.8. The van der Waals surface area contributed by atoms with Crippen LogP contribution in [0.5, 0.6) is 11.5 Å². The van der Waals surface area contributed by atoms with E-state index in [1.54, 1.807) is 28.2 Å². The molecule has 0 radical (unpaired) electrons. The van der Waals surface area contributed by atoms with Gasteiger partial charge in [0.05, 0.1) is 17.2 Å². The number of benzene rings is 2. The fraction of sp³-hybridized carbons (Fsp3) is 0.567. The number of rotatable bonds is 12. The lowest BCUT2D eigenvalue weighted by Gasteiger charge is -2.53. The van der Waals surface area contributed by atoms with Gasteiger partial charge in [0, 0.05) is 100 Å². The second kappa shape index (κ2) is 18.8. The monoisotopic (exact) mass is 1130 g/mol. The first-order valence-electron chi connectivity index (χ1n) is 28.5. The van der Waals surface area contributed by atoms with Crippen LogP contribution < -0.4 is 21.3 Å². The number of hydroxylamine groups is 2. The number of carbonyl (C=O) groups is 6. The third-order valence-electron chi connectivity index (χ3n) is 20.7. The molecule has 82 heavy (non-hydrogen) atoms. The minimum absolute atomic E-state index is 0.0169. The Hall–Kier alpha value is -6.82. The molecule has 3 saturated carbocycles. The van der Waals surface area contributed by atoms with Crippen molar-refractivity contribution >= 4 is 52.1 Å². The Morgan fingerprint density at radius 2 is 1.09 bits per heavy atom. The Labute approximate surface area is 474 Å². The van der Waals surface area contributed by atoms with Crippen molar-refractivity contribution in [3.05, 3.63) is 85.1 Å². The van der Waals surface area contributed by atoms with Crippen LogP contribution in [0.2, 0.25) is 0 Å². The van der Waals surface area contributed by atoms with Gasteiger partial charge in [-0.1, -0.05) is 0 Å². The lowest BCUT2D eigenvalue weighted by atomic mass is 9.57. The van der Waals surface area contributed by atoms with E-state index in [1.807, 2.05) is 21.9 Å². The Kier molecular flexibility index (Phi) is 12.8. The standard InChI is InChI=1S/C60H74N8O14/c1-63(2)35-22-29(24-67-15-12-57(8-9-57)13-16-67)45(69)40-32(35)19-28-21-33-43(65(5)6)49(73)41(55(61)78)53(77)60(33,81)54(38(28)48(40)72)82-66(7)44-34-20-27-18-31-36(64(3)4)23-30(25-68-17-14-58(26-68)10-11-58)46(70)39(31)47(71)37(27)51(75)59(34,80)52(76)42(50(44)74)56(62)79/h22-23,27-28,33-34,43-44,69-71,76-77,80-81H,8-21,24-26H2,1-7H3,(H2,61,78)(H2,62,79)/t27-,28-,33-,34-,43-,44-,59-,60+/m0/s1. The zero-order valence-electron chi connectivity index (χ0n) is 47.5. The van der Waals surface area contributed by atoms with Crippen molar-refractivity contribution in [3.8, 4) is 11.5 Å². The first kappa shape index (κ1) is 55.7. The molecule has 2 aromatic carbocycles. The first-order valence-corrected chi connectivity index (χ1v) is 28.5. The molecule has 2 aromatic rings. The van der Waals surface area contributed by atoms with E-state index in [0.717, 1.165) is 70.4 Å². The predicted molar refractivity (Wildman–Crippen MR) is 297 cm³/mol. The van der Waals surface area contributed by atoms with Crippen LogP contribution in [0.15, 0.2) is 51.7 Å². The van der Waals surface area contributed by atoms with E-state index in [1.165, 1.54) is 31.8 Å². The van der Waals surface area contributed by atoms with Crippen molar-refractivity contribution in [3.63, 3.8) is 0 Å². The second-order valence-corrected chi connectivity index (χ2v) is 26.1. The number of hydrogen-bond donors (Lipinski definition) is 9. The van der Waals surface area contributed by atoms with Crippen LogP contribution in [-0.4, -0.2) is 189 Å². The van der Waals surface area contributed by atoms with Crippen molar-refractivity contribution in [2.45, 2.75) is 107 Å². The third-order valence-corrected chi connectivity index (χ3v) is 20.7. The Bertz CT molecular complexity index is 3380. The fourth-order valence-corrected chi connectivity index (χ4v) is 15.9. The van der Waals surface area contributed by atoms with Crippen molar-refractivity contribution < 1.29 is 69.4 Å². The molecular formula is C60H74N8O14. The molecule has 22 heteroatoms. The number of primary amides is 2. The number of anilines is 2. The fourth-order valence-electron chi connectivity index (χ4n) is 15.9. The number of piperidine rings is 1. The van der Waals surface area contributed by atoms with Gasteiger partial charge < -0.3 is 61.9 Å². The molecule has 11 N–H and O–H groups in total. The van der Waals surface area contributed by atoms with E-state index in [9.17, 15) is 50.1 Å². The summed E-state index contributed by atoms with van der Waals surface area (Å²) in [5.41, 5.74) is 6.20. The normalized spacial score (nSPS) is 30.9. The summed E-state index contributed by atoms with van der Waals surface area (Å²) >= 11 is 0. The summed E-state index contributed by atoms with van der Waals surface area (Å²) in [6.45, 7) is 3.89. The number of allylic oxidation sites excluding steroid dienone is 1. The maximum absolute atomic E-state index is 15.8. The summed E-state index contributed by atoms with van der Waals surface area (Å²) in [6, 6.07) is 0.301. The highest BCUT2D eigenvalue weighted by Gasteiger charge is 2.68. The SMILES string of the molecule is CN(C)c1cc(CN2CCC3(CC2)CC3)c(O)c2c1C[C@H]1C[C@H]3[C@H](N(C)C)C(=O)C(C(N)=O)=C(O)[C@@]3(O)C(ON(C)[C@@H]3C(=O)C(C(N)=O)=C(O)[C@@]4(O)C(=O)C5=C(O)c6c(O)c(CN7CCC8(CC8)C7)cc(N(C)C)c6C[C@H]5C[C@@H]34)=C1C2=O. The molecule has 2 aliphatic heterocycles. The van der Waals surface area contributed by atoms with Crippen LogP contribution in [0, 0.1) is 34.5 Å². The van der Waals surface area contributed by atoms with E-state index < -0.39 is 116 Å². The van der Waals surface area contributed by atoms with Crippen molar-refractivity contribution in [1.82, 2.24) is 19.8 Å². The highest BCUT2D eigenvalue weighted by molar-refractivity contribution is 6.25. The first-order chi connectivity index (χ1) is 38.6. The van der Waals surface area contributed by atoms with Gasteiger partial charge in [-0.3, -0.25) is 43.5 Å². The van der Waals surface area contributed by atoms with Crippen LogP contribution in [0.3, 0.4) is 0 Å². The molecule has 2 amide bonds. The molecule has 5 fully saturated rings. The van der Waals surface area contributed by atoms with Crippen LogP contribution in [-0.2, 0) is 54.7 Å². The number of aromatic hydroxyl groups is 2. The number of carbonyl (C=O) groups excluding carboxylic acids is 6. The molecular weight excluding hydrogens is 1060 g/mol. The average molecular weight is 1130 g/mol. The van der Waals surface area contributed by atoms with Gasteiger partial charge >= 0.3 is 0 Å². The van der Waals surface area contributed by atoms with Gasteiger partial charge in [-0.25, -0.2) is 0 Å². The molecule has 0 unspecified atom stereocenters. The number of likely N-dealkylation sites (tertiary alicyclic amines) is 2. The van der Waals surface area contributed by atoms with Crippen LogP contribution >= 0.6 is 0 Å². The number of aliphatic hydroxyl groups is 5. The number of nitrogens with two attached hydrogens (primary N) is 2. The molecule has 10 aliphatic rings. The van der Waals surface area contributed by atoms with E-state index >= 15 is 14.4 Å². The van der Waals surface area contributed by atoms with E-state index in [-0.39, 0.29) is 64.9 Å². The smallest absolute Gasteiger partial charge is 0.255 e. The molecule has 2 spiro atoms. The zero-order chi connectivity index (χ0) is 58.9. The topological polar surface area (TPSA) is 325 Å². The van der Waals surface area contributed by atoms with E-state index in [0.29, 0.717) is 52.1 Å². The summed E-state index contributed by atoms with van der Waals surface area (Å²) in [5.74, 6) is -17.1. The lowest BCUT2D eigenvalue weighted by molar-refractivity contribution is -0.208. The second-order valence-electron chi connectivity index (χ2n) is 26.1. The number of nitrogens with zero attached hydrogens (tertiary/aromatic N) is 6. The number of aliphatic hydroxyl groups excluding tert-OH is 3. The zero-order valence-corrected chi connectivity index (χ0v) is 47.5. The number of ketones is 4. The van der Waals surface area contributed by atoms with Gasteiger partial charge in [-0.2, -0.15) is 0 Å². The number of phenols is 2. The molecule has 2 saturated heterocycles. The molecule has 0 bridgehead atoms. The van der Waals surface area contributed by atoms with Crippen LogP contribution in [0.1, 0.15) is 96.0 Å². The molecule has 12 rings (SSSR count). The molecule has 8 aliphatic carbocycles. The molecule has 22 nitrogen and oxygen atoms in total. The predicted octanol–water partition coefficient (Wildman–Crippen LogP) is 2.34. The van der Waals surface area contributed by atoms with Gasteiger partial charge in [0.1, 0.15) is 46.0 Å². The van der Waals surface area contributed by atoms with Crippen molar-refractivity contribution in [2.24, 2.45) is 46.0 Å². The summed E-state index contributed by atoms with van der Waals surface area (Å²) in [4.78, 5) is 104. The Morgan fingerprint density at radius 3 is 1.60 bits per heavy atom. The summed E-state index contributed by atoms with van der Waals surface area (Å²) in [5, 5.41) is 88.5. The van der Waals surface area contributed by atoms with Gasteiger partial charge in [0.2, 0.25) is 5.78 Å². The maximum Gasteiger partial charge on any atom is 0.255 e. The highest BCUT2D eigenvalue weighted by atomic mass is 16.7. The molecule has 2 heterocycles. The summed E-state index contributed by atoms with van der Waals surface area (Å²) < 4.78 is 0. The number of hydrogen-bond acceptors (Lipinski definition) is 20. The number of fused-ring (bicyclic) bond motifs is 6. The van der Waals surface area contributed by atoms with Gasteiger partial charge in [0.15, 0.2) is 34.3 Å². The summed E-state index contributed by atoms with van der Waals surface area (Å²) in [7, 11) is 11.4. The molecule has 0 aromatic heterocycles. The largest absolute Gasteiger partial charge is 0.508 e. The van der Waals surface area contributed by atoms with E-state index in [4.69, 9.17) is 16.3 Å². The van der Waals surface area contributed by atoms with Crippen molar-refractivity contribution in [2.75, 3.05) is 85.3 Å².